The van der Waals surface area contributed by atoms with Crippen molar-refractivity contribution < 1.29 is 4.39 Å². The average molecular weight is 241 g/mol. The minimum atomic E-state index is -0.312. The van der Waals surface area contributed by atoms with E-state index in [-0.39, 0.29) is 5.82 Å². The lowest BCUT2D eigenvalue weighted by Gasteiger charge is -2.20. The molecule has 2 rings (SSSR count). The Balaban J connectivity index is 2.46. The van der Waals surface area contributed by atoms with Crippen LogP contribution in [0.2, 0.25) is 0 Å². The lowest BCUT2D eigenvalue weighted by atomic mass is 10.1. The van der Waals surface area contributed by atoms with E-state index >= 15 is 0 Å². The maximum Gasteiger partial charge on any atom is 0.125 e. The summed E-state index contributed by atoms with van der Waals surface area (Å²) in [5, 5.41) is 9.09. The Morgan fingerprint density at radius 1 is 1.22 bits per heavy atom. The summed E-state index contributed by atoms with van der Waals surface area (Å²) in [5.74, 6) is -0.312. The van der Waals surface area contributed by atoms with E-state index in [1.807, 2.05) is 0 Å². The zero-order valence-electron chi connectivity index (χ0n) is 9.89. The lowest BCUT2D eigenvalue weighted by Crippen LogP contribution is -2.11. The fourth-order valence-corrected chi connectivity index (χ4v) is 1.76. The quantitative estimate of drug-likeness (QED) is 0.822. The first-order chi connectivity index (χ1) is 8.61. The Labute approximate surface area is 105 Å². The molecule has 0 bridgehead atoms. The van der Waals surface area contributed by atoms with Crippen LogP contribution in [0.1, 0.15) is 5.56 Å². The molecule has 0 unspecified atom stereocenters. The second-order valence-electron chi connectivity index (χ2n) is 3.93. The van der Waals surface area contributed by atoms with Crippen molar-refractivity contribution in [2.45, 2.75) is 0 Å². The highest BCUT2D eigenvalue weighted by Gasteiger charge is 2.10. The van der Waals surface area contributed by atoms with E-state index in [4.69, 9.17) is 11.0 Å². The highest BCUT2D eigenvalue weighted by molar-refractivity contribution is 5.71. The van der Waals surface area contributed by atoms with Gasteiger partial charge in [0.1, 0.15) is 11.9 Å². The molecule has 0 aliphatic rings. The molecule has 90 valence electrons. The monoisotopic (exact) mass is 241 g/mol. The third-order valence-electron chi connectivity index (χ3n) is 2.70. The maximum atomic E-state index is 13.2. The van der Waals surface area contributed by atoms with Gasteiger partial charge in [-0.05, 0) is 36.4 Å². The molecule has 0 spiro atoms. The topological polar surface area (TPSA) is 53.0 Å². The highest BCUT2D eigenvalue weighted by Crippen LogP contribution is 2.28. The van der Waals surface area contributed by atoms with Crippen molar-refractivity contribution >= 4 is 17.1 Å². The van der Waals surface area contributed by atoms with Crippen molar-refractivity contribution in [3.63, 3.8) is 0 Å². The van der Waals surface area contributed by atoms with Crippen LogP contribution in [0.15, 0.2) is 42.5 Å². The number of nitrogens with two attached hydrogens (primary N) is 1. The molecule has 0 fully saturated rings. The fraction of sp³-hybridized carbons (Fsp3) is 0.0714. The van der Waals surface area contributed by atoms with Crippen LogP contribution in [0.5, 0.6) is 0 Å². The number of halogens is 1. The van der Waals surface area contributed by atoms with Crippen molar-refractivity contribution in [2.24, 2.45) is 0 Å². The summed E-state index contributed by atoms with van der Waals surface area (Å²) < 4.78 is 13.2. The summed E-state index contributed by atoms with van der Waals surface area (Å²) in [6.07, 6.45) is 0. The number of anilines is 3. The van der Waals surface area contributed by atoms with Crippen LogP contribution in [0.3, 0.4) is 0 Å². The molecule has 2 aromatic carbocycles. The summed E-state index contributed by atoms with van der Waals surface area (Å²) in [6.45, 7) is 0. The van der Waals surface area contributed by atoms with Gasteiger partial charge in [0.2, 0.25) is 0 Å². The predicted molar refractivity (Wildman–Crippen MR) is 70.0 cm³/mol. The summed E-state index contributed by atoms with van der Waals surface area (Å²) in [4.78, 5) is 1.75. The third-order valence-corrected chi connectivity index (χ3v) is 2.70. The van der Waals surface area contributed by atoms with Gasteiger partial charge >= 0.3 is 0 Å². The molecule has 0 amide bonds. The number of rotatable bonds is 2. The van der Waals surface area contributed by atoms with Gasteiger partial charge in [0.25, 0.3) is 0 Å². The Bertz CT molecular complexity index is 617. The minimum Gasteiger partial charge on any atom is -0.399 e. The van der Waals surface area contributed by atoms with Gasteiger partial charge in [-0.25, -0.2) is 4.39 Å². The second-order valence-corrected chi connectivity index (χ2v) is 3.93. The zero-order chi connectivity index (χ0) is 13.1. The standard InChI is InChI=1S/C14H12FN3/c1-18(13-4-2-3-11(15)8-13)14-6-5-12(17)7-10(14)9-16/h2-8H,17H2,1H3. The van der Waals surface area contributed by atoms with Crippen LogP contribution in [-0.2, 0) is 0 Å². The summed E-state index contributed by atoms with van der Waals surface area (Å²) >= 11 is 0. The van der Waals surface area contributed by atoms with Crippen LogP contribution < -0.4 is 10.6 Å². The van der Waals surface area contributed by atoms with Gasteiger partial charge in [-0.3, -0.25) is 0 Å². The van der Waals surface area contributed by atoms with Crippen LogP contribution in [0, 0.1) is 17.1 Å². The largest absolute Gasteiger partial charge is 0.399 e. The van der Waals surface area contributed by atoms with E-state index in [0.717, 1.165) is 0 Å². The predicted octanol–water partition coefficient (Wildman–Crippen LogP) is 3.05. The molecule has 2 N–H and O–H groups in total. The van der Waals surface area contributed by atoms with Crippen molar-refractivity contribution in [1.82, 2.24) is 0 Å². The van der Waals surface area contributed by atoms with E-state index in [1.165, 1.54) is 12.1 Å². The van der Waals surface area contributed by atoms with Gasteiger partial charge in [0.05, 0.1) is 11.3 Å². The number of nitriles is 1. The first kappa shape index (κ1) is 11.9. The molecule has 0 atom stereocenters. The maximum absolute atomic E-state index is 13.2. The molecule has 0 radical (unpaired) electrons. The summed E-state index contributed by atoms with van der Waals surface area (Å²) in [6, 6.07) is 13.4. The van der Waals surface area contributed by atoms with Crippen LogP contribution in [-0.4, -0.2) is 7.05 Å². The molecule has 18 heavy (non-hydrogen) atoms. The Morgan fingerprint density at radius 2 is 2.00 bits per heavy atom. The molecule has 0 aliphatic heterocycles. The van der Waals surface area contributed by atoms with E-state index in [2.05, 4.69) is 6.07 Å². The molecule has 0 heterocycles. The van der Waals surface area contributed by atoms with Crippen molar-refractivity contribution in [3.8, 4) is 6.07 Å². The number of hydrogen-bond donors (Lipinski definition) is 1. The average Bonchev–Trinajstić information content (AvgIpc) is 2.37. The van der Waals surface area contributed by atoms with E-state index in [0.29, 0.717) is 22.6 Å². The van der Waals surface area contributed by atoms with Crippen LogP contribution in [0.25, 0.3) is 0 Å². The molecule has 0 saturated carbocycles. The molecule has 4 heteroatoms. The zero-order valence-corrected chi connectivity index (χ0v) is 9.89. The highest BCUT2D eigenvalue weighted by atomic mass is 19.1. The number of nitrogens with zero attached hydrogens (tertiary/aromatic N) is 2. The van der Waals surface area contributed by atoms with Crippen molar-refractivity contribution in [1.29, 1.82) is 5.26 Å². The fourth-order valence-electron chi connectivity index (χ4n) is 1.76. The summed E-state index contributed by atoms with van der Waals surface area (Å²) in [5.41, 5.74) is 8.00. The van der Waals surface area contributed by atoms with E-state index < -0.39 is 0 Å². The second kappa shape index (κ2) is 4.76. The lowest BCUT2D eigenvalue weighted by molar-refractivity contribution is 0.628. The van der Waals surface area contributed by atoms with Gasteiger partial charge in [-0.2, -0.15) is 5.26 Å². The van der Waals surface area contributed by atoms with E-state index in [1.54, 1.807) is 42.3 Å². The van der Waals surface area contributed by atoms with Gasteiger partial charge in [0.15, 0.2) is 0 Å². The van der Waals surface area contributed by atoms with Crippen molar-refractivity contribution in [3.05, 3.63) is 53.8 Å². The minimum absolute atomic E-state index is 0.312. The smallest absolute Gasteiger partial charge is 0.125 e. The van der Waals surface area contributed by atoms with Crippen LogP contribution in [0.4, 0.5) is 21.5 Å². The van der Waals surface area contributed by atoms with Gasteiger partial charge in [-0.15, -0.1) is 0 Å². The molecular formula is C14H12FN3. The molecular weight excluding hydrogens is 229 g/mol. The Kier molecular flexibility index (Phi) is 3.16. The number of nitrogen functional groups attached to an aromatic ring is 1. The van der Waals surface area contributed by atoms with Gasteiger partial charge in [0, 0.05) is 18.4 Å². The molecule has 0 aliphatic carbocycles. The van der Waals surface area contributed by atoms with Gasteiger partial charge in [-0.1, -0.05) is 6.07 Å². The number of benzene rings is 2. The molecule has 2 aromatic rings. The van der Waals surface area contributed by atoms with Gasteiger partial charge < -0.3 is 10.6 Å². The van der Waals surface area contributed by atoms with E-state index in [9.17, 15) is 4.39 Å². The first-order valence-corrected chi connectivity index (χ1v) is 5.41. The summed E-state index contributed by atoms with van der Waals surface area (Å²) in [7, 11) is 1.78. The van der Waals surface area contributed by atoms with Crippen LogP contribution >= 0.6 is 0 Å². The number of hydrogen-bond acceptors (Lipinski definition) is 3. The molecule has 0 aromatic heterocycles. The molecule has 3 nitrogen and oxygen atoms in total. The molecule has 0 saturated heterocycles. The first-order valence-electron chi connectivity index (χ1n) is 5.41. The SMILES string of the molecule is CN(c1cccc(F)c1)c1ccc(N)cc1C#N. The van der Waals surface area contributed by atoms with Crippen molar-refractivity contribution in [2.75, 3.05) is 17.7 Å². The normalized spacial score (nSPS) is 9.83. The Hall–Kier alpha value is -2.54. The third kappa shape index (κ3) is 2.25. The Morgan fingerprint density at radius 3 is 2.67 bits per heavy atom.